The van der Waals surface area contributed by atoms with E-state index in [0.717, 1.165) is 54.3 Å². The SMILES string of the molecule is C=C(CN1N/C(C2=CCCCC2)=N\N/C(CN)=C(/N2CCN(C(=C)c3ncnc(N)c3C)CC2)C1=C)Nc1ccc(C(F)(F)F)c2cccnc12. The Kier molecular flexibility index (Phi) is 10.2. The number of piperazine rings is 1. The molecule has 0 radical (unpaired) electrons. The predicted molar refractivity (Wildman–Crippen MR) is 195 cm³/mol. The van der Waals surface area contributed by atoms with Gasteiger partial charge in [0.05, 0.1) is 51.8 Å². The van der Waals surface area contributed by atoms with Crippen molar-refractivity contribution >= 4 is 33.9 Å². The molecular weight excluding hydrogens is 657 g/mol. The Bertz CT molecular complexity index is 1940. The van der Waals surface area contributed by atoms with Crippen molar-refractivity contribution < 1.29 is 13.2 Å². The number of hydrazone groups is 1. The summed E-state index contributed by atoms with van der Waals surface area (Å²) in [6, 6.07) is 5.34. The molecule has 2 aliphatic heterocycles. The van der Waals surface area contributed by atoms with Gasteiger partial charge in [-0.15, -0.1) is 0 Å². The number of nitrogens with two attached hydrogens (primary N) is 2. The van der Waals surface area contributed by atoms with Gasteiger partial charge in [-0.3, -0.25) is 20.8 Å². The van der Waals surface area contributed by atoms with Crippen molar-refractivity contribution in [3.63, 3.8) is 0 Å². The largest absolute Gasteiger partial charge is 0.417 e. The van der Waals surface area contributed by atoms with Crippen LogP contribution in [0.4, 0.5) is 24.7 Å². The van der Waals surface area contributed by atoms with Crippen LogP contribution in [0.25, 0.3) is 16.6 Å². The third-order valence-corrected chi connectivity index (χ3v) is 9.34. The highest BCUT2D eigenvalue weighted by Gasteiger charge is 2.34. The molecule has 268 valence electrons. The van der Waals surface area contributed by atoms with Gasteiger partial charge < -0.3 is 26.6 Å². The zero-order chi connectivity index (χ0) is 36.3. The Morgan fingerprint density at radius 2 is 1.84 bits per heavy atom. The molecule has 3 aromatic rings. The summed E-state index contributed by atoms with van der Waals surface area (Å²) >= 11 is 0. The minimum absolute atomic E-state index is 0.000652. The first-order valence-electron chi connectivity index (χ1n) is 16.8. The molecule has 1 aliphatic carbocycles. The Morgan fingerprint density at radius 1 is 1.06 bits per heavy atom. The minimum Gasteiger partial charge on any atom is -0.383 e. The average molecular weight is 701 g/mol. The fourth-order valence-corrected chi connectivity index (χ4v) is 6.59. The van der Waals surface area contributed by atoms with Gasteiger partial charge in [0.1, 0.15) is 12.1 Å². The number of hydrogen-bond donors (Lipinski definition) is 5. The molecule has 1 saturated heterocycles. The van der Waals surface area contributed by atoms with Crippen LogP contribution in [0.1, 0.15) is 42.5 Å². The fraction of sp³-hybridized carbons (Fsp3) is 0.333. The number of allylic oxidation sites excluding steroid dienone is 1. The zero-order valence-corrected chi connectivity index (χ0v) is 28.7. The molecule has 7 N–H and O–H groups in total. The maximum Gasteiger partial charge on any atom is 0.417 e. The van der Waals surface area contributed by atoms with Crippen LogP contribution in [-0.4, -0.2) is 74.9 Å². The smallest absolute Gasteiger partial charge is 0.383 e. The summed E-state index contributed by atoms with van der Waals surface area (Å²) in [4.78, 5) is 17.2. The zero-order valence-electron chi connectivity index (χ0n) is 28.7. The van der Waals surface area contributed by atoms with Crippen molar-refractivity contribution in [1.29, 1.82) is 0 Å². The summed E-state index contributed by atoms with van der Waals surface area (Å²) in [6.45, 7) is 17.9. The maximum absolute atomic E-state index is 13.8. The van der Waals surface area contributed by atoms with Crippen LogP contribution < -0.4 is 27.6 Å². The van der Waals surface area contributed by atoms with Crippen molar-refractivity contribution in [2.24, 2.45) is 10.8 Å². The molecule has 0 saturated carbocycles. The van der Waals surface area contributed by atoms with Gasteiger partial charge >= 0.3 is 6.18 Å². The van der Waals surface area contributed by atoms with E-state index in [-0.39, 0.29) is 24.0 Å². The van der Waals surface area contributed by atoms with Gasteiger partial charge in [-0.05, 0) is 56.4 Å². The van der Waals surface area contributed by atoms with Crippen molar-refractivity contribution in [2.75, 3.05) is 50.3 Å². The van der Waals surface area contributed by atoms with E-state index in [1.165, 1.54) is 30.7 Å². The van der Waals surface area contributed by atoms with E-state index in [1.807, 2.05) is 11.9 Å². The molecule has 0 amide bonds. The molecule has 1 fully saturated rings. The van der Waals surface area contributed by atoms with E-state index in [1.54, 1.807) is 0 Å². The van der Waals surface area contributed by atoms with Crippen molar-refractivity contribution in [2.45, 2.75) is 38.8 Å². The van der Waals surface area contributed by atoms with E-state index < -0.39 is 11.7 Å². The van der Waals surface area contributed by atoms with Crippen molar-refractivity contribution in [3.8, 4) is 0 Å². The molecule has 2 aromatic heterocycles. The lowest BCUT2D eigenvalue weighted by molar-refractivity contribution is -0.136. The second kappa shape index (κ2) is 14.7. The first kappa shape index (κ1) is 35.3. The van der Waals surface area contributed by atoms with Gasteiger partial charge in [0.15, 0.2) is 5.84 Å². The summed E-state index contributed by atoms with van der Waals surface area (Å²) in [7, 11) is 0. The van der Waals surface area contributed by atoms with Gasteiger partial charge in [-0.2, -0.15) is 18.3 Å². The number of aromatic nitrogens is 3. The number of pyridine rings is 1. The Balaban J connectivity index is 1.27. The van der Waals surface area contributed by atoms with E-state index in [2.05, 4.69) is 66.7 Å². The first-order valence-corrected chi connectivity index (χ1v) is 16.8. The number of hydrazine groups is 1. The van der Waals surface area contributed by atoms with Gasteiger partial charge in [0, 0.05) is 55.6 Å². The molecule has 51 heavy (non-hydrogen) atoms. The molecule has 1 aromatic carbocycles. The highest BCUT2D eigenvalue weighted by molar-refractivity contribution is 5.98. The number of halogens is 3. The molecule has 0 atom stereocenters. The van der Waals surface area contributed by atoms with E-state index in [0.29, 0.717) is 66.3 Å². The lowest BCUT2D eigenvalue weighted by atomic mass is 9.99. The number of anilines is 2. The first-order chi connectivity index (χ1) is 24.5. The molecule has 4 heterocycles. The number of nitrogens with one attached hydrogen (secondary N) is 3. The van der Waals surface area contributed by atoms with Crippen LogP contribution in [0.5, 0.6) is 0 Å². The summed E-state index contributed by atoms with van der Waals surface area (Å²) < 4.78 is 41.4. The minimum atomic E-state index is -4.52. The summed E-state index contributed by atoms with van der Waals surface area (Å²) in [5, 5.41) is 9.85. The van der Waals surface area contributed by atoms with Gasteiger partial charge in [-0.1, -0.05) is 31.9 Å². The number of nitrogen functional groups attached to an aromatic ring is 1. The molecule has 15 heteroatoms. The maximum atomic E-state index is 13.8. The summed E-state index contributed by atoms with van der Waals surface area (Å²) in [5.74, 6) is 1.06. The molecule has 12 nitrogen and oxygen atoms in total. The second-order valence-electron chi connectivity index (χ2n) is 12.7. The van der Waals surface area contributed by atoms with Crippen LogP contribution >= 0.6 is 0 Å². The number of amidine groups is 1. The number of alkyl halides is 3. The predicted octanol–water partition coefficient (Wildman–Crippen LogP) is 5.06. The van der Waals surface area contributed by atoms with E-state index >= 15 is 0 Å². The lowest BCUT2D eigenvalue weighted by Crippen LogP contribution is -2.51. The average Bonchev–Trinajstić information content (AvgIpc) is 3.12. The number of benzene rings is 1. The molecule has 0 bridgehead atoms. The van der Waals surface area contributed by atoms with Crippen LogP contribution in [0.3, 0.4) is 0 Å². The third-order valence-electron chi connectivity index (χ3n) is 9.34. The Morgan fingerprint density at radius 3 is 2.55 bits per heavy atom. The molecule has 6 rings (SSSR count). The Hall–Kier alpha value is -5.57. The van der Waals surface area contributed by atoms with E-state index in [4.69, 9.17) is 16.6 Å². The number of rotatable bonds is 9. The van der Waals surface area contributed by atoms with Crippen LogP contribution in [0.15, 0.2) is 96.1 Å². The van der Waals surface area contributed by atoms with Crippen molar-refractivity contribution in [1.82, 2.24) is 40.6 Å². The quantitative estimate of drug-likeness (QED) is 0.204. The van der Waals surface area contributed by atoms with Crippen LogP contribution in [0, 0.1) is 6.92 Å². The van der Waals surface area contributed by atoms with Crippen molar-refractivity contribution in [3.05, 3.63) is 108 Å². The fourth-order valence-electron chi connectivity index (χ4n) is 6.59. The second-order valence-corrected chi connectivity index (χ2v) is 12.7. The highest BCUT2D eigenvalue weighted by atomic mass is 19.4. The van der Waals surface area contributed by atoms with Gasteiger partial charge in [-0.25, -0.2) is 9.97 Å². The molecule has 0 spiro atoms. The molecule has 3 aliphatic rings. The highest BCUT2D eigenvalue weighted by Crippen LogP contribution is 2.37. The van der Waals surface area contributed by atoms with Gasteiger partial charge in [0.2, 0.25) is 0 Å². The lowest BCUT2D eigenvalue weighted by Gasteiger charge is -2.43. The monoisotopic (exact) mass is 700 g/mol. The summed E-state index contributed by atoms with van der Waals surface area (Å²) in [6.07, 6.45) is 4.52. The molecular formula is C36H43F3N12. The number of nitrogens with zero attached hydrogens (tertiary/aromatic N) is 7. The third kappa shape index (κ3) is 7.48. The topological polar surface area (TPSA) is 149 Å². The van der Waals surface area contributed by atoms with Crippen LogP contribution in [-0.2, 0) is 6.18 Å². The molecule has 0 unspecified atom stereocenters. The van der Waals surface area contributed by atoms with Crippen LogP contribution in [0.2, 0.25) is 0 Å². The Labute approximate surface area is 295 Å². The number of hydrogen-bond acceptors (Lipinski definition) is 12. The standard InChI is InChI=1S/C36H43F3N12/c1-22(45-29-13-12-28(36(37,38)39)27-11-8-14-42-32(27)29)20-51-25(4)33(30(19-40)46-47-35(48-51)26-9-6-5-7-10-26)50-17-15-49(16-18-50)24(3)31-23(2)34(41)44-21-43-31/h8-9,11-14,21,45-46H,1,3-7,10,15-20,40H2,2H3,(H,47,48)(H2,41,43,44)/b33-30+. The summed E-state index contributed by atoms with van der Waals surface area (Å²) in [5.41, 5.74) is 24.9. The van der Waals surface area contributed by atoms with E-state index in [9.17, 15) is 13.2 Å². The van der Waals surface area contributed by atoms with Gasteiger partial charge in [0.25, 0.3) is 0 Å². The normalized spacial score (nSPS) is 19.7. The number of fused-ring (bicyclic) bond motifs is 1.